The fraction of sp³-hybridized carbons (Fsp3) is 0.500. The van der Waals surface area contributed by atoms with Gasteiger partial charge in [0.15, 0.2) is 5.15 Å². The van der Waals surface area contributed by atoms with Gasteiger partial charge in [-0.2, -0.15) is 0 Å². The van der Waals surface area contributed by atoms with Gasteiger partial charge < -0.3 is 15.5 Å². The predicted octanol–water partition coefficient (Wildman–Crippen LogP) is 0.893. The molecule has 0 bridgehead atoms. The van der Waals surface area contributed by atoms with Crippen LogP contribution in [0.5, 0.6) is 0 Å². The van der Waals surface area contributed by atoms with Crippen molar-refractivity contribution in [3.63, 3.8) is 0 Å². The summed E-state index contributed by atoms with van der Waals surface area (Å²) in [7, 11) is 1.57. The third-order valence-electron chi connectivity index (χ3n) is 3.10. The monoisotopic (exact) mass is 268 g/mol. The first-order valence-electron chi connectivity index (χ1n) is 5.99. The van der Waals surface area contributed by atoms with E-state index in [4.69, 9.17) is 11.6 Å². The van der Waals surface area contributed by atoms with Crippen LogP contribution in [0.1, 0.15) is 17.4 Å². The Hall–Kier alpha value is -1.33. The van der Waals surface area contributed by atoms with Gasteiger partial charge in [-0.1, -0.05) is 11.6 Å². The maximum absolute atomic E-state index is 11.5. The maximum Gasteiger partial charge on any atom is 0.269 e. The summed E-state index contributed by atoms with van der Waals surface area (Å²) in [6.07, 6.45) is 0. The van der Waals surface area contributed by atoms with Crippen molar-refractivity contribution in [1.29, 1.82) is 0 Å². The number of carbonyl (C=O) groups excluding carboxylic acids is 1. The molecule has 1 saturated heterocycles. The van der Waals surface area contributed by atoms with Gasteiger partial charge in [-0.15, -0.1) is 0 Å². The first-order chi connectivity index (χ1) is 8.63. The Balaban J connectivity index is 2.26. The molecule has 2 rings (SSSR count). The van der Waals surface area contributed by atoms with Crippen LogP contribution in [0.25, 0.3) is 0 Å². The number of hydrogen-bond donors (Lipinski definition) is 2. The topological polar surface area (TPSA) is 57.3 Å². The highest BCUT2D eigenvalue weighted by Crippen LogP contribution is 2.26. The molecule has 0 spiro atoms. The lowest BCUT2D eigenvalue weighted by Gasteiger charge is -2.36. The van der Waals surface area contributed by atoms with Crippen molar-refractivity contribution in [2.45, 2.75) is 13.0 Å². The lowest BCUT2D eigenvalue weighted by molar-refractivity contribution is 0.0958. The van der Waals surface area contributed by atoms with E-state index < -0.39 is 0 Å². The summed E-state index contributed by atoms with van der Waals surface area (Å²) in [5.41, 5.74) is 1.23. The van der Waals surface area contributed by atoms with E-state index >= 15 is 0 Å². The molecule has 1 aliphatic rings. The maximum atomic E-state index is 11.5. The highest BCUT2D eigenvalue weighted by Gasteiger charge is 2.21. The van der Waals surface area contributed by atoms with Gasteiger partial charge in [0.1, 0.15) is 5.69 Å². The molecule has 1 atom stereocenters. The molecule has 0 radical (unpaired) electrons. The van der Waals surface area contributed by atoms with Gasteiger partial charge in [-0.05, 0) is 19.1 Å². The molecule has 1 aromatic rings. The SMILES string of the molecule is CNC(=O)c1ccc(N2CCNC[C@H]2C)c(Cl)n1. The molecule has 5 nitrogen and oxygen atoms in total. The molecule has 1 aromatic heterocycles. The summed E-state index contributed by atoms with van der Waals surface area (Å²) < 4.78 is 0. The van der Waals surface area contributed by atoms with Gasteiger partial charge in [0, 0.05) is 32.7 Å². The lowest BCUT2D eigenvalue weighted by atomic mass is 10.2. The van der Waals surface area contributed by atoms with Crippen LogP contribution in [0.3, 0.4) is 0 Å². The average molecular weight is 269 g/mol. The number of anilines is 1. The summed E-state index contributed by atoms with van der Waals surface area (Å²) in [6.45, 7) is 4.88. The molecule has 98 valence electrons. The van der Waals surface area contributed by atoms with Gasteiger partial charge >= 0.3 is 0 Å². The fourth-order valence-corrected chi connectivity index (χ4v) is 2.36. The third kappa shape index (κ3) is 2.57. The van der Waals surface area contributed by atoms with Crippen molar-refractivity contribution in [3.05, 3.63) is 23.0 Å². The number of nitrogens with zero attached hydrogens (tertiary/aromatic N) is 2. The zero-order valence-electron chi connectivity index (χ0n) is 10.5. The van der Waals surface area contributed by atoms with Crippen molar-refractivity contribution in [3.8, 4) is 0 Å². The van der Waals surface area contributed by atoms with Crippen LogP contribution in [0.15, 0.2) is 12.1 Å². The summed E-state index contributed by atoms with van der Waals surface area (Å²) in [5, 5.41) is 6.24. The quantitative estimate of drug-likeness (QED) is 0.783. The Labute approximate surface area is 112 Å². The zero-order valence-corrected chi connectivity index (χ0v) is 11.3. The van der Waals surface area contributed by atoms with Gasteiger partial charge in [-0.25, -0.2) is 4.98 Å². The molecule has 0 saturated carbocycles. The number of halogens is 1. The molecule has 0 unspecified atom stereocenters. The standard InChI is InChI=1S/C12H17ClN4O/c1-8-7-15-5-6-17(8)10-4-3-9(12(18)14-2)16-11(10)13/h3-4,8,15H,5-7H2,1-2H3,(H,14,18)/t8-/m1/s1. The predicted molar refractivity (Wildman–Crippen MR) is 72.3 cm³/mol. The zero-order chi connectivity index (χ0) is 13.1. The second-order valence-corrected chi connectivity index (χ2v) is 4.69. The Morgan fingerprint density at radius 1 is 1.61 bits per heavy atom. The minimum Gasteiger partial charge on any atom is -0.364 e. The number of carbonyl (C=O) groups is 1. The minimum atomic E-state index is -0.225. The van der Waals surface area contributed by atoms with Gasteiger partial charge in [0.05, 0.1) is 5.69 Å². The van der Waals surface area contributed by atoms with Crippen molar-refractivity contribution in [1.82, 2.24) is 15.6 Å². The van der Waals surface area contributed by atoms with Crippen molar-refractivity contribution in [2.24, 2.45) is 0 Å². The largest absolute Gasteiger partial charge is 0.364 e. The van der Waals surface area contributed by atoms with Gasteiger partial charge in [0.25, 0.3) is 5.91 Å². The van der Waals surface area contributed by atoms with E-state index in [1.165, 1.54) is 0 Å². The van der Waals surface area contributed by atoms with Crippen LogP contribution in [0.4, 0.5) is 5.69 Å². The molecule has 1 fully saturated rings. The number of pyridine rings is 1. The van der Waals surface area contributed by atoms with Crippen LogP contribution in [-0.4, -0.2) is 43.6 Å². The number of nitrogens with one attached hydrogen (secondary N) is 2. The first kappa shape index (κ1) is 13.1. The molecule has 0 aliphatic carbocycles. The van der Waals surface area contributed by atoms with E-state index in [9.17, 15) is 4.79 Å². The van der Waals surface area contributed by atoms with Crippen LogP contribution in [0.2, 0.25) is 5.15 Å². The molecule has 1 amide bonds. The lowest BCUT2D eigenvalue weighted by Crippen LogP contribution is -2.50. The second kappa shape index (κ2) is 5.54. The average Bonchev–Trinajstić information content (AvgIpc) is 2.39. The van der Waals surface area contributed by atoms with Crippen LogP contribution >= 0.6 is 11.6 Å². The van der Waals surface area contributed by atoms with Crippen molar-refractivity contribution >= 4 is 23.2 Å². The van der Waals surface area contributed by atoms with Crippen molar-refractivity contribution in [2.75, 3.05) is 31.6 Å². The molecular formula is C12H17ClN4O. The number of amides is 1. The van der Waals surface area contributed by atoms with Crippen molar-refractivity contribution < 1.29 is 4.79 Å². The Morgan fingerprint density at radius 3 is 3.00 bits per heavy atom. The second-order valence-electron chi connectivity index (χ2n) is 4.33. The Morgan fingerprint density at radius 2 is 2.39 bits per heavy atom. The van der Waals surface area contributed by atoms with E-state index in [-0.39, 0.29) is 5.91 Å². The van der Waals surface area contributed by atoms with E-state index in [2.05, 4.69) is 27.4 Å². The van der Waals surface area contributed by atoms with E-state index in [1.54, 1.807) is 13.1 Å². The third-order valence-corrected chi connectivity index (χ3v) is 3.38. The summed E-state index contributed by atoms with van der Waals surface area (Å²) >= 11 is 6.18. The Bertz CT molecular complexity index is 452. The number of rotatable bonds is 2. The molecule has 2 heterocycles. The number of hydrogen-bond acceptors (Lipinski definition) is 4. The molecule has 2 N–H and O–H groups in total. The summed E-state index contributed by atoms with van der Waals surface area (Å²) in [5.74, 6) is -0.225. The highest BCUT2D eigenvalue weighted by atomic mass is 35.5. The Kier molecular flexibility index (Phi) is 4.04. The molecular weight excluding hydrogens is 252 g/mol. The van der Waals surface area contributed by atoms with Crippen LogP contribution in [-0.2, 0) is 0 Å². The minimum absolute atomic E-state index is 0.225. The molecule has 1 aliphatic heterocycles. The molecule has 6 heteroatoms. The summed E-state index contributed by atoms with van der Waals surface area (Å²) in [4.78, 5) is 17.8. The molecule has 0 aromatic carbocycles. The normalized spacial score (nSPS) is 19.7. The first-order valence-corrected chi connectivity index (χ1v) is 6.37. The van der Waals surface area contributed by atoms with Gasteiger partial charge in [0.2, 0.25) is 0 Å². The van der Waals surface area contributed by atoms with Crippen LogP contribution < -0.4 is 15.5 Å². The number of piperazine rings is 1. The van der Waals surface area contributed by atoms with E-state index in [0.29, 0.717) is 16.9 Å². The summed E-state index contributed by atoms with van der Waals surface area (Å²) in [6, 6.07) is 3.93. The smallest absolute Gasteiger partial charge is 0.269 e. The number of aromatic nitrogens is 1. The fourth-order valence-electron chi connectivity index (χ4n) is 2.09. The van der Waals surface area contributed by atoms with E-state index in [0.717, 1.165) is 25.3 Å². The molecule has 18 heavy (non-hydrogen) atoms. The van der Waals surface area contributed by atoms with Gasteiger partial charge in [-0.3, -0.25) is 4.79 Å². The van der Waals surface area contributed by atoms with E-state index in [1.807, 2.05) is 6.07 Å². The highest BCUT2D eigenvalue weighted by molar-refractivity contribution is 6.32. The van der Waals surface area contributed by atoms with Crippen LogP contribution in [0, 0.1) is 0 Å².